The van der Waals surface area contributed by atoms with Crippen molar-refractivity contribution in [1.29, 1.82) is 0 Å². The van der Waals surface area contributed by atoms with Gasteiger partial charge >= 0.3 is 0 Å². The minimum Gasteiger partial charge on any atom is -0.395 e. The van der Waals surface area contributed by atoms with E-state index in [2.05, 4.69) is 24.0 Å². The van der Waals surface area contributed by atoms with E-state index >= 15 is 0 Å². The molecule has 0 radical (unpaired) electrons. The number of hydrogen-bond donors (Lipinski definition) is 2. The van der Waals surface area contributed by atoms with Crippen molar-refractivity contribution in [2.75, 3.05) is 13.2 Å². The fourth-order valence-corrected chi connectivity index (χ4v) is 2.01. The fraction of sp³-hybridized carbons (Fsp3) is 0.429. The molecule has 1 unspecified atom stereocenters. The van der Waals surface area contributed by atoms with E-state index in [1.54, 1.807) is 11.8 Å². The fourth-order valence-electron chi connectivity index (χ4n) is 1.25. The maximum absolute atomic E-state index is 8.94. The molecule has 2 N–H and O–H groups in total. The average molecular weight is 250 g/mol. The molecule has 1 rings (SSSR count). The first-order chi connectivity index (χ1) is 8.26. The third-order valence-electron chi connectivity index (χ3n) is 2.19. The second-order valence-electron chi connectivity index (χ2n) is 3.78. The van der Waals surface area contributed by atoms with Crippen molar-refractivity contribution in [2.24, 2.45) is 0 Å². The van der Waals surface area contributed by atoms with Crippen LogP contribution >= 0.6 is 11.8 Å². The van der Waals surface area contributed by atoms with E-state index in [-0.39, 0.29) is 18.5 Å². The Kier molecular flexibility index (Phi) is 6.80. The SMILES string of the molecule is CC(CO)SCc1cccc(C#CCCO)c1. The van der Waals surface area contributed by atoms with E-state index in [9.17, 15) is 0 Å². The minimum atomic E-state index is 0.108. The van der Waals surface area contributed by atoms with E-state index in [1.165, 1.54) is 5.56 Å². The summed E-state index contributed by atoms with van der Waals surface area (Å²) in [5.41, 5.74) is 2.19. The van der Waals surface area contributed by atoms with Gasteiger partial charge in [-0.25, -0.2) is 0 Å². The Morgan fingerprint density at radius 2 is 2.18 bits per heavy atom. The number of hydrogen-bond acceptors (Lipinski definition) is 3. The van der Waals surface area contributed by atoms with Crippen LogP contribution in [0.1, 0.15) is 24.5 Å². The first-order valence-electron chi connectivity index (χ1n) is 5.67. The van der Waals surface area contributed by atoms with Crippen LogP contribution in [0.2, 0.25) is 0 Å². The van der Waals surface area contributed by atoms with Crippen LogP contribution in [0.25, 0.3) is 0 Å². The summed E-state index contributed by atoms with van der Waals surface area (Å²) in [5, 5.41) is 17.8. The molecule has 0 spiro atoms. The van der Waals surface area contributed by atoms with Gasteiger partial charge < -0.3 is 10.2 Å². The molecule has 0 aliphatic heterocycles. The molecule has 17 heavy (non-hydrogen) atoms. The highest BCUT2D eigenvalue weighted by Crippen LogP contribution is 2.17. The molecule has 0 amide bonds. The van der Waals surface area contributed by atoms with Crippen LogP contribution in [0, 0.1) is 11.8 Å². The van der Waals surface area contributed by atoms with Gasteiger partial charge in [-0.2, -0.15) is 11.8 Å². The Labute approximate surface area is 107 Å². The zero-order valence-electron chi connectivity index (χ0n) is 10.0. The summed E-state index contributed by atoms with van der Waals surface area (Å²) in [4.78, 5) is 0. The predicted molar refractivity (Wildman–Crippen MR) is 72.9 cm³/mol. The van der Waals surface area contributed by atoms with Crippen LogP contribution in [0.4, 0.5) is 0 Å². The Hall–Kier alpha value is -0.950. The van der Waals surface area contributed by atoms with Gasteiger partial charge in [0.15, 0.2) is 0 Å². The molecule has 0 aromatic heterocycles. The highest BCUT2D eigenvalue weighted by molar-refractivity contribution is 7.99. The normalized spacial score (nSPS) is 11.7. The molecule has 0 saturated carbocycles. The van der Waals surface area contributed by atoms with Crippen LogP contribution in [-0.4, -0.2) is 28.7 Å². The zero-order valence-corrected chi connectivity index (χ0v) is 10.8. The van der Waals surface area contributed by atoms with E-state index < -0.39 is 0 Å². The van der Waals surface area contributed by atoms with Crippen LogP contribution in [-0.2, 0) is 5.75 Å². The minimum absolute atomic E-state index is 0.108. The molecule has 1 aromatic rings. The molecule has 1 atom stereocenters. The summed E-state index contributed by atoms with van der Waals surface area (Å²) >= 11 is 1.73. The molecule has 0 heterocycles. The van der Waals surface area contributed by atoms with Gasteiger partial charge in [-0.15, -0.1) is 0 Å². The predicted octanol–water partition coefficient (Wildman–Crippen LogP) is 2.03. The summed E-state index contributed by atoms with van der Waals surface area (Å²) in [7, 11) is 0. The van der Waals surface area contributed by atoms with Gasteiger partial charge in [-0.1, -0.05) is 30.9 Å². The molecule has 92 valence electrons. The smallest absolute Gasteiger partial charge is 0.0547 e. The van der Waals surface area contributed by atoms with Gasteiger partial charge in [0.2, 0.25) is 0 Å². The van der Waals surface area contributed by atoms with Crippen molar-refractivity contribution in [3.8, 4) is 11.8 Å². The van der Waals surface area contributed by atoms with E-state index in [4.69, 9.17) is 10.2 Å². The lowest BCUT2D eigenvalue weighted by molar-refractivity contribution is 0.300. The molecule has 2 nitrogen and oxygen atoms in total. The summed E-state index contributed by atoms with van der Waals surface area (Å²) in [6.45, 7) is 2.33. The van der Waals surface area contributed by atoms with Crippen molar-refractivity contribution in [1.82, 2.24) is 0 Å². The topological polar surface area (TPSA) is 40.5 Å². The summed E-state index contributed by atoms with van der Waals surface area (Å²) < 4.78 is 0. The lowest BCUT2D eigenvalue weighted by Crippen LogP contribution is -2.02. The molecule has 0 fully saturated rings. The molecule has 3 heteroatoms. The number of rotatable bonds is 5. The van der Waals surface area contributed by atoms with Gasteiger partial charge in [0.1, 0.15) is 0 Å². The molecule has 1 aromatic carbocycles. The van der Waals surface area contributed by atoms with E-state index in [0.29, 0.717) is 6.42 Å². The molecule has 0 aliphatic rings. The lowest BCUT2D eigenvalue weighted by Gasteiger charge is -2.07. The van der Waals surface area contributed by atoms with Crippen LogP contribution in [0.5, 0.6) is 0 Å². The number of thioether (sulfide) groups is 1. The Morgan fingerprint density at radius 1 is 1.35 bits per heavy atom. The van der Waals surface area contributed by atoms with Gasteiger partial charge in [0, 0.05) is 23.0 Å². The Morgan fingerprint density at radius 3 is 2.88 bits per heavy atom. The van der Waals surface area contributed by atoms with Crippen LogP contribution < -0.4 is 0 Å². The van der Waals surface area contributed by atoms with Crippen molar-refractivity contribution < 1.29 is 10.2 Å². The summed E-state index contributed by atoms with van der Waals surface area (Å²) in [5.74, 6) is 6.81. The van der Waals surface area contributed by atoms with Gasteiger partial charge in [0.25, 0.3) is 0 Å². The first kappa shape index (κ1) is 14.1. The van der Waals surface area contributed by atoms with Crippen molar-refractivity contribution in [2.45, 2.75) is 24.3 Å². The van der Waals surface area contributed by atoms with Crippen LogP contribution in [0.15, 0.2) is 24.3 Å². The standard InChI is InChI=1S/C14H18O2S/c1-12(10-16)17-11-14-7-4-6-13(9-14)5-2-3-8-15/h4,6-7,9,12,15-16H,3,8,10-11H2,1H3. The highest BCUT2D eigenvalue weighted by Gasteiger charge is 2.01. The second-order valence-corrected chi connectivity index (χ2v) is 5.21. The van der Waals surface area contributed by atoms with Crippen molar-refractivity contribution >= 4 is 11.8 Å². The maximum Gasteiger partial charge on any atom is 0.0547 e. The molecule has 0 bridgehead atoms. The Balaban J connectivity index is 2.57. The second kappa shape index (κ2) is 8.19. The third-order valence-corrected chi connectivity index (χ3v) is 3.41. The van der Waals surface area contributed by atoms with Crippen molar-refractivity contribution in [3.63, 3.8) is 0 Å². The highest BCUT2D eigenvalue weighted by atomic mass is 32.2. The average Bonchev–Trinajstić information content (AvgIpc) is 2.37. The molecular formula is C14H18O2S. The zero-order chi connectivity index (χ0) is 12.5. The van der Waals surface area contributed by atoms with Crippen molar-refractivity contribution in [3.05, 3.63) is 35.4 Å². The number of aliphatic hydroxyl groups is 2. The molecule has 0 saturated heterocycles. The molecular weight excluding hydrogens is 232 g/mol. The number of benzene rings is 1. The van der Waals surface area contributed by atoms with E-state index in [0.717, 1.165) is 11.3 Å². The Bertz CT molecular complexity index is 393. The number of aliphatic hydroxyl groups excluding tert-OH is 2. The quantitative estimate of drug-likeness (QED) is 0.786. The third kappa shape index (κ3) is 5.78. The lowest BCUT2D eigenvalue weighted by atomic mass is 10.1. The summed E-state index contributed by atoms with van der Waals surface area (Å²) in [6, 6.07) is 8.08. The van der Waals surface area contributed by atoms with E-state index in [1.807, 2.05) is 19.1 Å². The van der Waals surface area contributed by atoms with Gasteiger partial charge in [-0.05, 0) is 17.7 Å². The molecule has 0 aliphatic carbocycles. The first-order valence-corrected chi connectivity index (χ1v) is 6.72. The monoisotopic (exact) mass is 250 g/mol. The van der Waals surface area contributed by atoms with Crippen LogP contribution in [0.3, 0.4) is 0 Å². The van der Waals surface area contributed by atoms with Gasteiger partial charge in [0.05, 0.1) is 13.2 Å². The summed E-state index contributed by atoms with van der Waals surface area (Å²) in [6.07, 6.45) is 0.514. The largest absolute Gasteiger partial charge is 0.395 e. The maximum atomic E-state index is 8.94. The van der Waals surface area contributed by atoms with Gasteiger partial charge in [-0.3, -0.25) is 0 Å².